The molecule has 0 unspecified atom stereocenters. The zero-order chi connectivity index (χ0) is 11.1. The van der Waals surface area contributed by atoms with Crippen LogP contribution >= 0.6 is 23.5 Å². The van der Waals surface area contributed by atoms with Gasteiger partial charge in [0.05, 0.1) is 18.9 Å². The lowest BCUT2D eigenvalue weighted by atomic mass is 10.3. The molecule has 0 fully saturated rings. The molecule has 1 heterocycles. The number of carbonyl (C=O) groups excluding carboxylic acids is 1. The van der Waals surface area contributed by atoms with Crippen LogP contribution in [0.3, 0.4) is 0 Å². The Kier molecular flexibility index (Phi) is 6.12. The van der Waals surface area contributed by atoms with E-state index in [1.54, 1.807) is 18.9 Å². The Morgan fingerprint density at radius 2 is 2.60 bits per heavy atom. The molecule has 6 heteroatoms. The van der Waals surface area contributed by atoms with Crippen LogP contribution in [0.2, 0.25) is 0 Å². The third-order valence-corrected chi connectivity index (χ3v) is 3.96. The van der Waals surface area contributed by atoms with Crippen molar-refractivity contribution in [3.8, 4) is 0 Å². The molecule has 0 aromatic heterocycles. The van der Waals surface area contributed by atoms with Gasteiger partial charge in [0.25, 0.3) is 0 Å². The number of nitrogens with zero attached hydrogens (tertiary/aromatic N) is 1. The topological polar surface area (TPSA) is 50.7 Å². The van der Waals surface area contributed by atoms with Crippen LogP contribution in [0, 0.1) is 0 Å². The van der Waals surface area contributed by atoms with Gasteiger partial charge in [-0.3, -0.25) is 9.79 Å². The van der Waals surface area contributed by atoms with Crippen LogP contribution in [-0.4, -0.2) is 48.1 Å². The van der Waals surface area contributed by atoms with E-state index in [0.29, 0.717) is 12.4 Å². The fourth-order valence-electron chi connectivity index (χ4n) is 1.14. The lowest BCUT2D eigenvalue weighted by Gasteiger charge is -2.12. The molecule has 1 amide bonds. The van der Waals surface area contributed by atoms with Crippen LogP contribution in [0.4, 0.5) is 0 Å². The third-order valence-electron chi connectivity index (χ3n) is 1.71. The van der Waals surface area contributed by atoms with E-state index < -0.39 is 0 Å². The first-order valence-corrected chi connectivity index (χ1v) is 6.78. The number of ether oxygens (including phenoxy) is 1. The second-order valence-corrected chi connectivity index (χ2v) is 5.51. The quantitative estimate of drug-likeness (QED) is 0.788. The Morgan fingerprint density at radius 3 is 3.20 bits per heavy atom. The predicted molar refractivity (Wildman–Crippen MR) is 66.7 cm³/mol. The molecular weight excluding hydrogens is 232 g/mol. The molecule has 0 saturated carbocycles. The molecular formula is C9H16N2O2S2. The summed E-state index contributed by atoms with van der Waals surface area (Å²) in [6.07, 6.45) is 0. The molecule has 15 heavy (non-hydrogen) atoms. The van der Waals surface area contributed by atoms with Gasteiger partial charge in [-0.2, -0.15) is 0 Å². The minimum Gasteiger partial charge on any atom is -0.383 e. The summed E-state index contributed by atoms with van der Waals surface area (Å²) in [6.45, 7) is 3.36. The van der Waals surface area contributed by atoms with Gasteiger partial charge in [-0.25, -0.2) is 0 Å². The highest BCUT2D eigenvalue weighted by Gasteiger charge is 2.11. The molecule has 0 radical (unpaired) electrons. The van der Waals surface area contributed by atoms with Gasteiger partial charge in [0.2, 0.25) is 5.91 Å². The summed E-state index contributed by atoms with van der Waals surface area (Å²) in [6, 6.07) is 0.0706. The summed E-state index contributed by atoms with van der Waals surface area (Å²) >= 11 is 3.23. The van der Waals surface area contributed by atoms with Crippen LogP contribution in [0.5, 0.6) is 0 Å². The van der Waals surface area contributed by atoms with Gasteiger partial charge < -0.3 is 10.1 Å². The van der Waals surface area contributed by atoms with E-state index in [1.165, 1.54) is 11.8 Å². The molecule has 0 aliphatic carbocycles. The highest BCUT2D eigenvalue weighted by Crippen LogP contribution is 2.21. The van der Waals surface area contributed by atoms with E-state index in [1.807, 2.05) is 6.92 Å². The monoisotopic (exact) mass is 248 g/mol. The first-order valence-electron chi connectivity index (χ1n) is 4.80. The van der Waals surface area contributed by atoms with E-state index in [4.69, 9.17) is 4.74 Å². The number of aliphatic imine (C=N–C) groups is 1. The number of carbonyl (C=O) groups is 1. The molecule has 0 saturated heterocycles. The summed E-state index contributed by atoms with van der Waals surface area (Å²) in [5.74, 6) is 1.53. The maximum absolute atomic E-state index is 11.4. The number of thioether (sulfide) groups is 2. The molecule has 0 aromatic carbocycles. The molecule has 86 valence electrons. The van der Waals surface area contributed by atoms with Crippen molar-refractivity contribution < 1.29 is 9.53 Å². The maximum atomic E-state index is 11.4. The largest absolute Gasteiger partial charge is 0.383 e. The van der Waals surface area contributed by atoms with Crippen molar-refractivity contribution in [3.05, 3.63) is 0 Å². The third kappa shape index (κ3) is 5.44. The van der Waals surface area contributed by atoms with Gasteiger partial charge in [0.15, 0.2) is 0 Å². The van der Waals surface area contributed by atoms with Crippen molar-refractivity contribution >= 4 is 33.8 Å². The van der Waals surface area contributed by atoms with E-state index in [-0.39, 0.29) is 11.9 Å². The summed E-state index contributed by atoms with van der Waals surface area (Å²) in [5.41, 5.74) is 0. The SMILES string of the molecule is COC[C@H](C)NC(=O)CSC1=NCCS1. The van der Waals surface area contributed by atoms with Crippen LogP contribution in [-0.2, 0) is 9.53 Å². The van der Waals surface area contributed by atoms with E-state index in [9.17, 15) is 4.79 Å². The highest BCUT2D eigenvalue weighted by molar-refractivity contribution is 8.39. The Balaban J connectivity index is 2.12. The fraction of sp³-hybridized carbons (Fsp3) is 0.778. The highest BCUT2D eigenvalue weighted by atomic mass is 32.2. The Morgan fingerprint density at radius 1 is 1.80 bits per heavy atom. The zero-order valence-electron chi connectivity index (χ0n) is 8.99. The summed E-state index contributed by atoms with van der Waals surface area (Å²) in [5, 5.41) is 2.86. The fourth-order valence-corrected chi connectivity index (χ4v) is 2.96. The molecule has 0 spiro atoms. The summed E-state index contributed by atoms with van der Waals surface area (Å²) in [7, 11) is 1.63. The molecule has 0 aromatic rings. The second-order valence-electron chi connectivity index (χ2n) is 3.21. The number of hydrogen-bond donors (Lipinski definition) is 1. The smallest absolute Gasteiger partial charge is 0.230 e. The number of methoxy groups -OCH3 is 1. The molecule has 1 N–H and O–H groups in total. The van der Waals surface area contributed by atoms with Crippen molar-refractivity contribution in [2.45, 2.75) is 13.0 Å². The molecule has 1 aliphatic heterocycles. The second kappa shape index (κ2) is 7.14. The zero-order valence-corrected chi connectivity index (χ0v) is 10.6. The standard InChI is InChI=1S/C9H16N2O2S2/c1-7(5-13-2)11-8(12)6-15-9-10-3-4-14-9/h7H,3-6H2,1-2H3,(H,11,12)/t7-/m0/s1. The average molecular weight is 248 g/mol. The van der Waals surface area contributed by atoms with Crippen molar-refractivity contribution in [1.82, 2.24) is 5.32 Å². The van der Waals surface area contributed by atoms with E-state index in [2.05, 4.69) is 10.3 Å². The van der Waals surface area contributed by atoms with Crippen molar-refractivity contribution in [3.63, 3.8) is 0 Å². The van der Waals surface area contributed by atoms with E-state index >= 15 is 0 Å². The summed E-state index contributed by atoms with van der Waals surface area (Å²) < 4.78 is 5.97. The van der Waals surface area contributed by atoms with Crippen LogP contribution < -0.4 is 5.32 Å². The average Bonchev–Trinajstić information content (AvgIpc) is 2.67. The predicted octanol–water partition coefficient (Wildman–Crippen LogP) is 0.973. The van der Waals surface area contributed by atoms with Crippen LogP contribution in [0.25, 0.3) is 0 Å². The molecule has 4 nitrogen and oxygen atoms in total. The lowest BCUT2D eigenvalue weighted by molar-refractivity contribution is -0.119. The Bertz CT molecular complexity index is 246. The lowest BCUT2D eigenvalue weighted by Crippen LogP contribution is -2.36. The molecule has 1 atom stereocenters. The van der Waals surface area contributed by atoms with E-state index in [0.717, 1.165) is 16.7 Å². The van der Waals surface area contributed by atoms with Gasteiger partial charge in [-0.15, -0.1) is 0 Å². The van der Waals surface area contributed by atoms with Gasteiger partial charge >= 0.3 is 0 Å². The first-order chi connectivity index (χ1) is 7.22. The summed E-state index contributed by atoms with van der Waals surface area (Å²) in [4.78, 5) is 15.7. The van der Waals surface area contributed by atoms with Crippen molar-refractivity contribution in [2.24, 2.45) is 4.99 Å². The van der Waals surface area contributed by atoms with Gasteiger partial charge in [0.1, 0.15) is 4.38 Å². The number of amides is 1. The van der Waals surface area contributed by atoms with Crippen molar-refractivity contribution in [1.29, 1.82) is 0 Å². The minimum atomic E-state index is 0.0414. The van der Waals surface area contributed by atoms with Gasteiger partial charge in [-0.05, 0) is 6.92 Å². The van der Waals surface area contributed by atoms with Gasteiger partial charge in [0, 0.05) is 18.9 Å². The van der Waals surface area contributed by atoms with Crippen LogP contribution in [0.15, 0.2) is 4.99 Å². The number of hydrogen-bond acceptors (Lipinski definition) is 5. The Hall–Kier alpha value is -0.200. The maximum Gasteiger partial charge on any atom is 0.230 e. The molecule has 1 rings (SSSR count). The number of rotatable bonds is 5. The molecule has 0 bridgehead atoms. The first kappa shape index (κ1) is 12.9. The normalized spacial score (nSPS) is 17.3. The minimum absolute atomic E-state index is 0.0414. The number of nitrogens with one attached hydrogen (secondary N) is 1. The Labute approximate surface area is 98.6 Å². The van der Waals surface area contributed by atoms with Crippen LogP contribution in [0.1, 0.15) is 6.92 Å². The van der Waals surface area contributed by atoms with Crippen molar-refractivity contribution in [2.75, 3.05) is 31.8 Å². The molecule has 1 aliphatic rings. The van der Waals surface area contributed by atoms with Gasteiger partial charge in [-0.1, -0.05) is 23.5 Å².